The summed E-state index contributed by atoms with van der Waals surface area (Å²) in [4.78, 5) is 0. The lowest BCUT2D eigenvalue weighted by molar-refractivity contribution is -0.0323. The molecule has 13 heavy (non-hydrogen) atoms. The Kier molecular flexibility index (Phi) is 3.74. The summed E-state index contributed by atoms with van der Waals surface area (Å²) in [5, 5.41) is 9.06. The van der Waals surface area contributed by atoms with Gasteiger partial charge in [-0.1, -0.05) is 13.8 Å². The number of aliphatic hydroxyl groups excluding tert-OH is 1. The van der Waals surface area contributed by atoms with E-state index in [2.05, 4.69) is 13.8 Å². The van der Waals surface area contributed by atoms with Gasteiger partial charge in [0.05, 0.1) is 18.8 Å². The van der Waals surface area contributed by atoms with E-state index >= 15 is 0 Å². The summed E-state index contributed by atoms with van der Waals surface area (Å²) >= 11 is 0. The van der Waals surface area contributed by atoms with Crippen molar-refractivity contribution in [2.45, 2.75) is 58.7 Å². The van der Waals surface area contributed by atoms with E-state index < -0.39 is 0 Å². The summed E-state index contributed by atoms with van der Waals surface area (Å²) in [6.45, 7) is 6.90. The van der Waals surface area contributed by atoms with Gasteiger partial charge in [-0.15, -0.1) is 0 Å². The van der Waals surface area contributed by atoms with E-state index in [1.165, 1.54) is 12.8 Å². The average molecular weight is 186 g/mol. The molecule has 1 atom stereocenters. The van der Waals surface area contributed by atoms with Crippen LogP contribution in [-0.4, -0.2) is 23.9 Å². The summed E-state index contributed by atoms with van der Waals surface area (Å²) in [7, 11) is 0. The molecule has 0 aliphatic heterocycles. The summed E-state index contributed by atoms with van der Waals surface area (Å²) in [5.74, 6) is 0. The lowest BCUT2D eigenvalue weighted by atomic mass is 9.76. The van der Waals surface area contributed by atoms with E-state index in [0.29, 0.717) is 18.1 Å². The first-order chi connectivity index (χ1) is 5.99. The smallest absolute Gasteiger partial charge is 0.0745 e. The highest BCUT2D eigenvalue weighted by Gasteiger charge is 2.27. The molecule has 0 amide bonds. The first-order valence-corrected chi connectivity index (χ1v) is 5.29. The second-order valence-electron chi connectivity index (χ2n) is 5.05. The highest BCUT2D eigenvalue weighted by atomic mass is 16.5. The fraction of sp³-hybridized carbons (Fsp3) is 1.00. The fourth-order valence-electron chi connectivity index (χ4n) is 1.81. The molecule has 78 valence electrons. The Morgan fingerprint density at radius 1 is 1.38 bits per heavy atom. The molecule has 1 unspecified atom stereocenters. The Hall–Kier alpha value is -0.0800. The molecule has 0 spiro atoms. The molecule has 0 bridgehead atoms. The van der Waals surface area contributed by atoms with E-state index in [1.54, 1.807) is 6.92 Å². The highest BCUT2D eigenvalue weighted by Crippen LogP contribution is 2.36. The van der Waals surface area contributed by atoms with Crippen molar-refractivity contribution in [2.24, 2.45) is 5.41 Å². The molecule has 1 aliphatic carbocycles. The molecular weight excluding hydrogens is 164 g/mol. The minimum Gasteiger partial charge on any atom is -0.391 e. The summed E-state index contributed by atoms with van der Waals surface area (Å²) < 4.78 is 5.59. The number of hydrogen-bond donors (Lipinski definition) is 1. The zero-order valence-corrected chi connectivity index (χ0v) is 9.05. The molecule has 0 aromatic carbocycles. The molecule has 1 N–H and O–H groups in total. The quantitative estimate of drug-likeness (QED) is 0.733. The van der Waals surface area contributed by atoms with Crippen molar-refractivity contribution in [1.82, 2.24) is 0 Å². The number of ether oxygens (including phenoxy) is 1. The van der Waals surface area contributed by atoms with Crippen LogP contribution >= 0.6 is 0 Å². The van der Waals surface area contributed by atoms with Crippen molar-refractivity contribution in [3.63, 3.8) is 0 Å². The zero-order valence-electron chi connectivity index (χ0n) is 9.05. The molecule has 0 saturated heterocycles. The lowest BCUT2D eigenvalue weighted by Gasteiger charge is -2.34. The van der Waals surface area contributed by atoms with E-state index in [9.17, 15) is 0 Å². The van der Waals surface area contributed by atoms with Gasteiger partial charge in [0, 0.05) is 0 Å². The number of aliphatic hydroxyl groups is 1. The SMILES string of the molecule is CC(O)COC1CCC(C)(C)CC1. The average Bonchev–Trinajstić information content (AvgIpc) is 2.02. The van der Waals surface area contributed by atoms with Crippen LogP contribution in [0.25, 0.3) is 0 Å². The summed E-state index contributed by atoms with van der Waals surface area (Å²) in [6.07, 6.45) is 4.87. The monoisotopic (exact) mass is 186 g/mol. The standard InChI is InChI=1S/C11H22O2/c1-9(12)8-13-10-4-6-11(2,3)7-5-10/h9-10,12H,4-8H2,1-3H3. The summed E-state index contributed by atoms with van der Waals surface area (Å²) in [6, 6.07) is 0. The van der Waals surface area contributed by atoms with Crippen LogP contribution in [0.4, 0.5) is 0 Å². The molecule has 1 aliphatic rings. The molecule has 0 aromatic heterocycles. The van der Waals surface area contributed by atoms with Gasteiger partial charge < -0.3 is 9.84 Å². The first kappa shape index (κ1) is 11.0. The molecule has 0 heterocycles. The molecule has 0 radical (unpaired) electrons. The van der Waals surface area contributed by atoms with Crippen LogP contribution in [0.5, 0.6) is 0 Å². The summed E-state index contributed by atoms with van der Waals surface area (Å²) in [5.41, 5.74) is 0.505. The van der Waals surface area contributed by atoms with Crippen molar-refractivity contribution in [2.75, 3.05) is 6.61 Å². The Morgan fingerprint density at radius 3 is 2.38 bits per heavy atom. The van der Waals surface area contributed by atoms with Gasteiger partial charge in [-0.2, -0.15) is 0 Å². The van der Waals surface area contributed by atoms with Crippen LogP contribution in [0.3, 0.4) is 0 Å². The van der Waals surface area contributed by atoms with Crippen molar-refractivity contribution < 1.29 is 9.84 Å². The van der Waals surface area contributed by atoms with Crippen LogP contribution in [-0.2, 0) is 4.74 Å². The Balaban J connectivity index is 2.18. The second-order valence-corrected chi connectivity index (χ2v) is 5.05. The molecule has 1 saturated carbocycles. The van der Waals surface area contributed by atoms with Crippen molar-refractivity contribution in [3.8, 4) is 0 Å². The van der Waals surface area contributed by atoms with Gasteiger partial charge in [-0.25, -0.2) is 0 Å². The highest BCUT2D eigenvalue weighted by molar-refractivity contribution is 4.78. The van der Waals surface area contributed by atoms with E-state index in [-0.39, 0.29) is 6.10 Å². The molecule has 1 rings (SSSR count). The molecular formula is C11H22O2. The maximum absolute atomic E-state index is 9.06. The second kappa shape index (κ2) is 4.43. The van der Waals surface area contributed by atoms with E-state index in [4.69, 9.17) is 9.84 Å². The topological polar surface area (TPSA) is 29.5 Å². The fourth-order valence-corrected chi connectivity index (χ4v) is 1.81. The predicted octanol–water partition coefficient (Wildman–Crippen LogP) is 2.35. The van der Waals surface area contributed by atoms with Crippen LogP contribution in [0.2, 0.25) is 0 Å². The van der Waals surface area contributed by atoms with E-state index in [1.807, 2.05) is 0 Å². The third-order valence-electron chi connectivity index (χ3n) is 2.86. The van der Waals surface area contributed by atoms with Crippen molar-refractivity contribution in [3.05, 3.63) is 0 Å². The Morgan fingerprint density at radius 2 is 1.92 bits per heavy atom. The molecule has 2 heteroatoms. The van der Waals surface area contributed by atoms with Gasteiger partial charge in [0.25, 0.3) is 0 Å². The van der Waals surface area contributed by atoms with Crippen LogP contribution in [0, 0.1) is 5.41 Å². The Bertz CT molecular complexity index is 139. The maximum atomic E-state index is 9.06. The largest absolute Gasteiger partial charge is 0.391 e. The molecule has 2 nitrogen and oxygen atoms in total. The van der Waals surface area contributed by atoms with Gasteiger partial charge in [-0.3, -0.25) is 0 Å². The maximum Gasteiger partial charge on any atom is 0.0745 e. The first-order valence-electron chi connectivity index (χ1n) is 5.29. The third kappa shape index (κ3) is 4.10. The van der Waals surface area contributed by atoms with Crippen LogP contribution in [0.1, 0.15) is 46.5 Å². The minimum atomic E-state index is -0.324. The normalized spacial score (nSPS) is 25.8. The van der Waals surface area contributed by atoms with Gasteiger partial charge in [-0.05, 0) is 38.0 Å². The predicted molar refractivity (Wildman–Crippen MR) is 53.7 cm³/mol. The van der Waals surface area contributed by atoms with Gasteiger partial charge in [0.15, 0.2) is 0 Å². The number of rotatable bonds is 3. The minimum absolute atomic E-state index is 0.324. The lowest BCUT2D eigenvalue weighted by Crippen LogP contribution is -2.28. The Labute approximate surface area is 81.3 Å². The van der Waals surface area contributed by atoms with Gasteiger partial charge in [0.2, 0.25) is 0 Å². The van der Waals surface area contributed by atoms with Gasteiger partial charge in [0.1, 0.15) is 0 Å². The van der Waals surface area contributed by atoms with Crippen LogP contribution < -0.4 is 0 Å². The van der Waals surface area contributed by atoms with Crippen LogP contribution in [0.15, 0.2) is 0 Å². The van der Waals surface area contributed by atoms with Crippen molar-refractivity contribution >= 4 is 0 Å². The van der Waals surface area contributed by atoms with Crippen molar-refractivity contribution in [1.29, 1.82) is 0 Å². The third-order valence-corrected chi connectivity index (χ3v) is 2.86. The van der Waals surface area contributed by atoms with Gasteiger partial charge >= 0.3 is 0 Å². The molecule has 1 fully saturated rings. The molecule has 0 aromatic rings. The zero-order chi connectivity index (χ0) is 9.90. The number of hydrogen-bond acceptors (Lipinski definition) is 2. The van der Waals surface area contributed by atoms with E-state index in [0.717, 1.165) is 12.8 Å².